The van der Waals surface area contributed by atoms with Crippen LogP contribution in [0.4, 0.5) is 4.39 Å². The highest BCUT2D eigenvalue weighted by molar-refractivity contribution is 9.10. The van der Waals surface area contributed by atoms with Crippen LogP contribution in [0.3, 0.4) is 0 Å². The van der Waals surface area contributed by atoms with Gasteiger partial charge in [0, 0.05) is 24.2 Å². The molecule has 0 saturated carbocycles. The van der Waals surface area contributed by atoms with Crippen molar-refractivity contribution in [3.63, 3.8) is 0 Å². The molecule has 0 spiro atoms. The first-order chi connectivity index (χ1) is 13.8. The van der Waals surface area contributed by atoms with Gasteiger partial charge in [0.25, 0.3) is 0 Å². The minimum absolute atomic E-state index is 0.0755. The summed E-state index contributed by atoms with van der Waals surface area (Å²) in [5, 5.41) is 5.19. The molecule has 2 N–H and O–H groups in total. The van der Waals surface area contributed by atoms with E-state index >= 15 is 0 Å². The lowest BCUT2D eigenvalue weighted by atomic mass is 10.0. The van der Waals surface area contributed by atoms with Gasteiger partial charge in [-0.25, -0.2) is 9.18 Å². The lowest BCUT2D eigenvalue weighted by molar-refractivity contribution is -0.145. The molecule has 0 aliphatic heterocycles. The summed E-state index contributed by atoms with van der Waals surface area (Å²) in [5.41, 5.74) is 1.35. The molecule has 0 fully saturated rings. The third-order valence-corrected chi connectivity index (χ3v) is 4.98. The molecule has 2 aromatic carbocycles. The van der Waals surface area contributed by atoms with E-state index in [2.05, 4.69) is 26.6 Å². The molecule has 0 radical (unpaired) electrons. The van der Waals surface area contributed by atoms with E-state index in [1.165, 1.54) is 32.2 Å². The van der Waals surface area contributed by atoms with Crippen molar-refractivity contribution in [3.05, 3.63) is 69.9 Å². The normalized spacial score (nSPS) is 12.6. The number of hydrogen-bond acceptors (Lipinski definition) is 4. The van der Waals surface area contributed by atoms with E-state index < -0.39 is 35.7 Å². The molecular weight excluding hydrogens is 443 g/mol. The summed E-state index contributed by atoms with van der Waals surface area (Å²) >= 11 is 3.42. The van der Waals surface area contributed by atoms with Gasteiger partial charge in [-0.05, 0) is 29.3 Å². The zero-order valence-electron chi connectivity index (χ0n) is 16.1. The maximum absolute atomic E-state index is 13.5. The van der Waals surface area contributed by atoms with Crippen LogP contribution in [0.1, 0.15) is 18.1 Å². The summed E-state index contributed by atoms with van der Waals surface area (Å²) in [6, 6.07) is 11.2. The highest BCUT2D eigenvalue weighted by Gasteiger charge is 2.27. The first-order valence-electron chi connectivity index (χ1n) is 8.93. The fourth-order valence-electron chi connectivity index (χ4n) is 2.85. The van der Waals surface area contributed by atoms with Gasteiger partial charge >= 0.3 is 5.97 Å². The minimum Gasteiger partial charge on any atom is -0.467 e. The van der Waals surface area contributed by atoms with Crippen molar-refractivity contribution in [3.8, 4) is 0 Å². The molecule has 29 heavy (non-hydrogen) atoms. The van der Waals surface area contributed by atoms with Crippen LogP contribution in [0.15, 0.2) is 53.0 Å². The molecule has 6 nitrogen and oxygen atoms in total. The van der Waals surface area contributed by atoms with Gasteiger partial charge in [0.05, 0.1) is 7.11 Å². The van der Waals surface area contributed by atoms with Crippen LogP contribution < -0.4 is 10.6 Å². The second-order valence-corrected chi connectivity index (χ2v) is 7.32. The van der Waals surface area contributed by atoms with Gasteiger partial charge in [-0.15, -0.1) is 0 Å². The smallest absolute Gasteiger partial charge is 0.328 e. The number of rotatable bonds is 8. The summed E-state index contributed by atoms with van der Waals surface area (Å²) in [4.78, 5) is 36.6. The largest absolute Gasteiger partial charge is 0.467 e. The second kappa shape index (κ2) is 10.7. The maximum Gasteiger partial charge on any atom is 0.328 e. The lowest BCUT2D eigenvalue weighted by Crippen LogP contribution is -2.53. The van der Waals surface area contributed by atoms with Crippen molar-refractivity contribution in [2.75, 3.05) is 7.11 Å². The van der Waals surface area contributed by atoms with E-state index in [9.17, 15) is 18.8 Å². The van der Waals surface area contributed by atoms with E-state index in [0.29, 0.717) is 5.56 Å². The first-order valence-corrected chi connectivity index (χ1v) is 9.72. The molecule has 2 rings (SSSR count). The molecule has 0 unspecified atom stereocenters. The maximum atomic E-state index is 13.5. The fourth-order valence-corrected chi connectivity index (χ4v) is 3.29. The number of hydrogen-bond donors (Lipinski definition) is 2. The van der Waals surface area contributed by atoms with Gasteiger partial charge in [-0.3, -0.25) is 9.59 Å². The molecule has 0 aliphatic carbocycles. The minimum atomic E-state index is -0.972. The highest BCUT2D eigenvalue weighted by Crippen LogP contribution is 2.18. The summed E-state index contributed by atoms with van der Waals surface area (Å²) < 4.78 is 19.1. The third kappa shape index (κ3) is 6.98. The molecule has 2 amide bonds. The van der Waals surface area contributed by atoms with E-state index in [1.54, 1.807) is 6.07 Å². The molecule has 0 heterocycles. The number of methoxy groups -OCH3 is 1. The Hall–Kier alpha value is -2.74. The number of amides is 2. The summed E-state index contributed by atoms with van der Waals surface area (Å²) in [7, 11) is 1.24. The lowest BCUT2D eigenvalue weighted by Gasteiger charge is -2.22. The summed E-state index contributed by atoms with van der Waals surface area (Å²) in [6.45, 7) is 1.28. The summed E-state index contributed by atoms with van der Waals surface area (Å²) in [6.07, 6.45) is 0.276. The summed E-state index contributed by atoms with van der Waals surface area (Å²) in [5.74, 6) is -2.03. The predicted octanol–water partition coefficient (Wildman–Crippen LogP) is 2.54. The molecule has 8 heteroatoms. The predicted molar refractivity (Wildman–Crippen MR) is 110 cm³/mol. The van der Waals surface area contributed by atoms with Gasteiger partial charge in [0.15, 0.2) is 0 Å². The van der Waals surface area contributed by atoms with Gasteiger partial charge in [-0.2, -0.15) is 0 Å². The number of esters is 1. The quantitative estimate of drug-likeness (QED) is 0.587. The van der Waals surface area contributed by atoms with E-state index in [0.717, 1.165) is 10.0 Å². The number of halogens is 2. The fraction of sp³-hybridized carbons (Fsp3) is 0.286. The topological polar surface area (TPSA) is 84.5 Å². The Morgan fingerprint density at radius 3 is 2.38 bits per heavy atom. The first kappa shape index (κ1) is 22.5. The van der Waals surface area contributed by atoms with Crippen LogP contribution in [0, 0.1) is 5.82 Å². The van der Waals surface area contributed by atoms with E-state index in [-0.39, 0.29) is 12.8 Å². The van der Waals surface area contributed by atoms with Crippen LogP contribution in [-0.2, 0) is 32.0 Å². The number of carbonyl (C=O) groups excluding carboxylic acids is 3. The molecular formula is C21H22BrFN2O4. The van der Waals surface area contributed by atoms with Gasteiger partial charge < -0.3 is 15.4 Å². The second-order valence-electron chi connectivity index (χ2n) is 6.47. The number of benzene rings is 2. The van der Waals surface area contributed by atoms with Crippen LogP contribution in [0.2, 0.25) is 0 Å². The number of ether oxygens (including phenoxy) is 1. The van der Waals surface area contributed by atoms with Crippen molar-refractivity contribution < 1.29 is 23.5 Å². The zero-order valence-corrected chi connectivity index (χ0v) is 17.7. The van der Waals surface area contributed by atoms with Crippen LogP contribution in [0.25, 0.3) is 0 Å². The van der Waals surface area contributed by atoms with Gasteiger partial charge in [0.1, 0.15) is 17.9 Å². The molecule has 2 atom stereocenters. The standard InChI is InChI=1S/C21H22BrFN2O4/c1-13(26)24-18(11-14-6-5-8-16(23)10-14)20(27)25-19(21(28)29-2)12-15-7-3-4-9-17(15)22/h3-10,18-19H,11-12H2,1-2H3,(H,24,26)(H,25,27)/t18-,19+/m0/s1. The number of nitrogens with one attached hydrogen (secondary N) is 2. The Bertz CT molecular complexity index is 890. The Labute approximate surface area is 177 Å². The molecule has 0 aliphatic rings. The molecule has 0 bridgehead atoms. The Balaban J connectivity index is 2.19. The van der Waals surface area contributed by atoms with Crippen molar-refractivity contribution in [1.29, 1.82) is 0 Å². The van der Waals surface area contributed by atoms with Crippen molar-refractivity contribution >= 4 is 33.7 Å². The third-order valence-electron chi connectivity index (χ3n) is 4.21. The Kier molecular flexibility index (Phi) is 8.33. The van der Waals surface area contributed by atoms with E-state index in [1.807, 2.05) is 24.3 Å². The van der Waals surface area contributed by atoms with Gasteiger partial charge in [0.2, 0.25) is 11.8 Å². The molecule has 154 valence electrons. The monoisotopic (exact) mass is 464 g/mol. The Morgan fingerprint density at radius 2 is 1.76 bits per heavy atom. The van der Waals surface area contributed by atoms with Crippen LogP contribution in [-0.4, -0.2) is 37.0 Å². The van der Waals surface area contributed by atoms with Crippen LogP contribution >= 0.6 is 15.9 Å². The van der Waals surface area contributed by atoms with Crippen molar-refractivity contribution in [2.24, 2.45) is 0 Å². The van der Waals surface area contributed by atoms with Crippen molar-refractivity contribution in [2.45, 2.75) is 31.8 Å². The number of carbonyl (C=O) groups is 3. The van der Waals surface area contributed by atoms with Gasteiger partial charge in [-0.1, -0.05) is 46.3 Å². The van der Waals surface area contributed by atoms with Crippen LogP contribution in [0.5, 0.6) is 0 Å². The molecule has 2 aromatic rings. The molecule has 0 aromatic heterocycles. The average Bonchev–Trinajstić information content (AvgIpc) is 2.67. The Morgan fingerprint density at radius 1 is 1.03 bits per heavy atom. The highest BCUT2D eigenvalue weighted by atomic mass is 79.9. The average molecular weight is 465 g/mol. The van der Waals surface area contributed by atoms with E-state index in [4.69, 9.17) is 4.74 Å². The SMILES string of the molecule is COC(=O)[C@@H](Cc1ccccc1Br)NC(=O)[C@H](Cc1cccc(F)c1)NC(C)=O. The molecule has 0 saturated heterocycles. The van der Waals surface area contributed by atoms with Crippen molar-refractivity contribution in [1.82, 2.24) is 10.6 Å². The zero-order chi connectivity index (χ0) is 21.4.